The molecular formula is C14H14F2N2O. The lowest BCUT2D eigenvalue weighted by Gasteiger charge is -2.30. The van der Waals surface area contributed by atoms with E-state index in [0.717, 1.165) is 24.9 Å². The van der Waals surface area contributed by atoms with Crippen LogP contribution in [-0.2, 0) is 6.54 Å². The van der Waals surface area contributed by atoms with Crippen molar-refractivity contribution < 1.29 is 13.6 Å². The molecule has 1 saturated heterocycles. The molecule has 0 unspecified atom stereocenters. The number of rotatable bonds is 3. The van der Waals surface area contributed by atoms with E-state index < -0.39 is 6.43 Å². The highest BCUT2D eigenvalue weighted by molar-refractivity contribution is 5.98. The van der Waals surface area contributed by atoms with Gasteiger partial charge in [0.2, 0.25) is 0 Å². The highest BCUT2D eigenvalue weighted by Gasteiger charge is 2.22. The Morgan fingerprint density at radius 3 is 2.68 bits per heavy atom. The van der Waals surface area contributed by atoms with E-state index in [0.29, 0.717) is 11.1 Å². The van der Waals surface area contributed by atoms with E-state index in [1.54, 1.807) is 29.3 Å². The van der Waals surface area contributed by atoms with Crippen LogP contribution in [0, 0.1) is 0 Å². The molecule has 1 aromatic carbocycles. The fraction of sp³-hybridized carbons (Fsp3) is 0.357. The van der Waals surface area contributed by atoms with Gasteiger partial charge in [0.05, 0.1) is 6.54 Å². The van der Waals surface area contributed by atoms with Gasteiger partial charge in [-0.05, 0) is 30.0 Å². The SMILES string of the molecule is O=C(c1ccc2ccn(CC(F)F)c2c1)N1CCC1. The van der Waals surface area contributed by atoms with Crippen molar-refractivity contribution in [3.05, 3.63) is 36.0 Å². The van der Waals surface area contributed by atoms with E-state index in [2.05, 4.69) is 0 Å². The second kappa shape index (κ2) is 4.64. The Bertz CT molecular complexity index is 617. The van der Waals surface area contributed by atoms with Crippen LogP contribution in [0.4, 0.5) is 8.78 Å². The fourth-order valence-corrected chi connectivity index (χ4v) is 2.33. The highest BCUT2D eigenvalue weighted by Crippen LogP contribution is 2.21. The first kappa shape index (κ1) is 12.1. The Morgan fingerprint density at radius 2 is 2.05 bits per heavy atom. The van der Waals surface area contributed by atoms with Gasteiger partial charge in [-0.3, -0.25) is 4.79 Å². The van der Waals surface area contributed by atoms with Crippen molar-refractivity contribution in [3.63, 3.8) is 0 Å². The Labute approximate surface area is 109 Å². The van der Waals surface area contributed by atoms with Crippen molar-refractivity contribution in [1.29, 1.82) is 0 Å². The van der Waals surface area contributed by atoms with Crippen LogP contribution < -0.4 is 0 Å². The largest absolute Gasteiger partial charge is 0.342 e. The number of carbonyl (C=O) groups excluding carboxylic acids is 1. The predicted molar refractivity (Wildman–Crippen MR) is 68.5 cm³/mol. The van der Waals surface area contributed by atoms with Gasteiger partial charge in [0, 0.05) is 30.4 Å². The minimum atomic E-state index is -2.40. The summed E-state index contributed by atoms with van der Waals surface area (Å²) in [6.07, 6.45) is 0.273. The molecule has 0 aliphatic carbocycles. The van der Waals surface area contributed by atoms with Crippen molar-refractivity contribution in [3.8, 4) is 0 Å². The number of hydrogen-bond donors (Lipinski definition) is 0. The lowest BCUT2D eigenvalue weighted by Crippen LogP contribution is -2.42. The number of alkyl halides is 2. The molecule has 1 aliphatic heterocycles. The first-order chi connectivity index (χ1) is 9.15. The van der Waals surface area contributed by atoms with Crippen molar-refractivity contribution in [2.24, 2.45) is 0 Å². The molecule has 0 bridgehead atoms. The van der Waals surface area contributed by atoms with Crippen molar-refractivity contribution in [2.45, 2.75) is 19.4 Å². The minimum Gasteiger partial charge on any atom is -0.342 e. The zero-order valence-corrected chi connectivity index (χ0v) is 10.4. The van der Waals surface area contributed by atoms with Gasteiger partial charge in [0.25, 0.3) is 12.3 Å². The van der Waals surface area contributed by atoms with E-state index in [1.165, 1.54) is 4.57 Å². The Hall–Kier alpha value is -1.91. The molecule has 1 aliphatic rings. The molecule has 0 spiro atoms. The zero-order valence-electron chi connectivity index (χ0n) is 10.4. The monoisotopic (exact) mass is 264 g/mol. The van der Waals surface area contributed by atoms with Gasteiger partial charge in [-0.1, -0.05) is 6.07 Å². The summed E-state index contributed by atoms with van der Waals surface area (Å²) < 4.78 is 26.5. The third kappa shape index (κ3) is 2.20. The van der Waals surface area contributed by atoms with Crippen molar-refractivity contribution in [2.75, 3.05) is 13.1 Å². The van der Waals surface area contributed by atoms with E-state index in [9.17, 15) is 13.6 Å². The number of fused-ring (bicyclic) bond motifs is 1. The summed E-state index contributed by atoms with van der Waals surface area (Å²) >= 11 is 0. The molecule has 3 rings (SSSR count). The van der Waals surface area contributed by atoms with Gasteiger partial charge < -0.3 is 9.47 Å². The number of nitrogens with zero attached hydrogens (tertiary/aromatic N) is 2. The lowest BCUT2D eigenvalue weighted by atomic mass is 10.1. The molecule has 1 amide bonds. The molecule has 2 aromatic rings. The van der Waals surface area contributed by atoms with Crippen LogP contribution in [0.5, 0.6) is 0 Å². The summed E-state index contributed by atoms with van der Waals surface area (Å²) in [5.74, 6) is -0.0158. The van der Waals surface area contributed by atoms with Crippen molar-refractivity contribution >= 4 is 16.8 Å². The zero-order chi connectivity index (χ0) is 13.4. The molecule has 19 heavy (non-hydrogen) atoms. The molecule has 0 N–H and O–H groups in total. The number of carbonyl (C=O) groups is 1. The quantitative estimate of drug-likeness (QED) is 0.836. The molecule has 100 valence electrons. The summed E-state index contributed by atoms with van der Waals surface area (Å²) in [4.78, 5) is 13.9. The minimum absolute atomic E-state index is 0.0158. The van der Waals surface area contributed by atoms with Crippen LogP contribution in [-0.4, -0.2) is 34.9 Å². The van der Waals surface area contributed by atoms with E-state index in [4.69, 9.17) is 0 Å². The van der Waals surface area contributed by atoms with E-state index in [-0.39, 0.29) is 12.5 Å². The first-order valence-electron chi connectivity index (χ1n) is 6.31. The second-order valence-corrected chi connectivity index (χ2v) is 4.78. The van der Waals surface area contributed by atoms with Crippen molar-refractivity contribution in [1.82, 2.24) is 9.47 Å². The normalized spacial score (nSPS) is 15.0. The standard InChI is InChI=1S/C14H14F2N2O/c15-13(16)9-18-7-4-10-2-3-11(8-12(10)18)14(19)17-5-1-6-17/h2-4,7-8,13H,1,5-6,9H2. The first-order valence-corrected chi connectivity index (χ1v) is 6.31. The molecule has 1 aromatic heterocycles. The van der Waals surface area contributed by atoms with Gasteiger partial charge in [-0.2, -0.15) is 0 Å². The topological polar surface area (TPSA) is 25.2 Å². The summed E-state index contributed by atoms with van der Waals surface area (Å²) in [5, 5.41) is 0.876. The van der Waals surface area contributed by atoms with Gasteiger partial charge >= 0.3 is 0 Å². The fourth-order valence-electron chi connectivity index (χ4n) is 2.33. The van der Waals surface area contributed by atoms with Gasteiger partial charge in [-0.25, -0.2) is 8.78 Å². The molecular weight excluding hydrogens is 250 g/mol. The van der Waals surface area contributed by atoms with Crippen LogP contribution in [0.25, 0.3) is 10.9 Å². The average molecular weight is 264 g/mol. The average Bonchev–Trinajstić information content (AvgIpc) is 2.69. The predicted octanol–water partition coefficient (Wildman–Crippen LogP) is 2.75. The number of aromatic nitrogens is 1. The number of benzene rings is 1. The summed E-state index contributed by atoms with van der Waals surface area (Å²) in [6, 6.07) is 7.06. The number of likely N-dealkylation sites (tertiary alicyclic amines) is 1. The third-order valence-corrected chi connectivity index (χ3v) is 3.50. The van der Waals surface area contributed by atoms with Crippen LogP contribution in [0.15, 0.2) is 30.5 Å². The van der Waals surface area contributed by atoms with E-state index >= 15 is 0 Å². The molecule has 0 saturated carbocycles. The molecule has 3 nitrogen and oxygen atoms in total. The lowest BCUT2D eigenvalue weighted by molar-refractivity contribution is 0.0652. The van der Waals surface area contributed by atoms with Crippen LogP contribution in [0.3, 0.4) is 0 Å². The van der Waals surface area contributed by atoms with Crippen LogP contribution in [0.2, 0.25) is 0 Å². The van der Waals surface area contributed by atoms with Crippen LogP contribution >= 0.6 is 0 Å². The number of halogens is 2. The second-order valence-electron chi connectivity index (χ2n) is 4.78. The summed E-state index contributed by atoms with van der Waals surface area (Å²) in [6.45, 7) is 1.23. The maximum absolute atomic E-state index is 12.5. The molecule has 0 radical (unpaired) electrons. The van der Waals surface area contributed by atoms with Crippen LogP contribution in [0.1, 0.15) is 16.8 Å². The highest BCUT2D eigenvalue weighted by atomic mass is 19.3. The summed E-state index contributed by atoms with van der Waals surface area (Å²) in [7, 11) is 0. The number of hydrogen-bond acceptors (Lipinski definition) is 1. The third-order valence-electron chi connectivity index (χ3n) is 3.50. The van der Waals surface area contributed by atoms with E-state index in [1.807, 2.05) is 6.07 Å². The van der Waals surface area contributed by atoms with Gasteiger partial charge in [0.15, 0.2) is 0 Å². The Balaban J connectivity index is 1.96. The maximum Gasteiger partial charge on any atom is 0.256 e. The molecule has 5 heteroatoms. The Morgan fingerprint density at radius 1 is 1.26 bits per heavy atom. The molecule has 2 heterocycles. The van der Waals surface area contributed by atoms with Gasteiger partial charge in [-0.15, -0.1) is 0 Å². The Kier molecular flexibility index (Phi) is 2.97. The summed E-state index contributed by atoms with van der Waals surface area (Å²) in [5.41, 5.74) is 1.26. The van der Waals surface area contributed by atoms with Gasteiger partial charge in [0.1, 0.15) is 0 Å². The molecule has 0 atom stereocenters. The number of amides is 1. The molecule has 1 fully saturated rings. The smallest absolute Gasteiger partial charge is 0.256 e. The maximum atomic E-state index is 12.5.